The molecule has 0 amide bonds. The molecule has 0 aliphatic carbocycles. The molecule has 0 fully saturated rings. The minimum Gasteiger partial charge on any atom is -0.494 e. The molecule has 0 atom stereocenters. The van der Waals surface area contributed by atoms with Crippen LogP contribution in [0.2, 0.25) is 0 Å². The number of thioether (sulfide) groups is 1. The second-order valence-electron chi connectivity index (χ2n) is 5.28. The lowest BCUT2D eigenvalue weighted by Gasteiger charge is -2.07. The van der Waals surface area contributed by atoms with E-state index in [0.717, 1.165) is 33.7 Å². The summed E-state index contributed by atoms with van der Waals surface area (Å²) in [5.41, 5.74) is 1.93. The van der Waals surface area contributed by atoms with Crippen LogP contribution in [0.3, 0.4) is 0 Å². The van der Waals surface area contributed by atoms with E-state index in [9.17, 15) is 0 Å². The average molecular weight is 355 g/mol. The van der Waals surface area contributed by atoms with Crippen molar-refractivity contribution in [3.05, 3.63) is 60.8 Å². The van der Waals surface area contributed by atoms with Crippen LogP contribution in [0, 0.1) is 0 Å². The Morgan fingerprint density at radius 1 is 1.00 bits per heavy atom. The molecule has 5 nitrogen and oxygen atoms in total. The number of aromatic nitrogens is 2. The summed E-state index contributed by atoms with van der Waals surface area (Å²) < 4.78 is 12.7. The second-order valence-corrected chi connectivity index (χ2v) is 6.35. The average Bonchev–Trinajstić information content (AvgIpc) is 3.02. The van der Waals surface area contributed by atoms with Gasteiger partial charge >= 0.3 is 0 Å². The van der Waals surface area contributed by atoms with Crippen LogP contribution in [0.25, 0.3) is 11.3 Å². The summed E-state index contributed by atoms with van der Waals surface area (Å²) in [7, 11) is 0. The Morgan fingerprint density at radius 2 is 1.68 bits per heavy atom. The van der Waals surface area contributed by atoms with Crippen LogP contribution in [0.4, 0.5) is 0 Å². The van der Waals surface area contributed by atoms with E-state index >= 15 is 0 Å². The SMILES string of the molecule is CCOc1ccc(OCCSc2nc(-c3ccccc3)cn2N)cc1. The highest BCUT2D eigenvalue weighted by molar-refractivity contribution is 7.99. The monoisotopic (exact) mass is 355 g/mol. The van der Waals surface area contributed by atoms with Gasteiger partial charge in [-0.05, 0) is 31.2 Å². The lowest BCUT2D eigenvalue weighted by atomic mass is 10.2. The summed E-state index contributed by atoms with van der Waals surface area (Å²) in [5.74, 6) is 8.43. The number of nitrogens with two attached hydrogens (primary N) is 1. The van der Waals surface area contributed by atoms with Crippen molar-refractivity contribution in [2.75, 3.05) is 24.8 Å². The highest BCUT2D eigenvalue weighted by Gasteiger charge is 2.08. The topological polar surface area (TPSA) is 62.3 Å². The van der Waals surface area contributed by atoms with E-state index < -0.39 is 0 Å². The molecule has 2 aromatic carbocycles. The van der Waals surface area contributed by atoms with Gasteiger partial charge in [0.25, 0.3) is 0 Å². The van der Waals surface area contributed by atoms with Crippen molar-refractivity contribution < 1.29 is 9.47 Å². The molecule has 0 saturated heterocycles. The molecule has 0 spiro atoms. The van der Waals surface area contributed by atoms with Gasteiger partial charge in [-0.15, -0.1) is 0 Å². The zero-order valence-corrected chi connectivity index (χ0v) is 14.9. The van der Waals surface area contributed by atoms with E-state index in [1.165, 1.54) is 0 Å². The van der Waals surface area contributed by atoms with E-state index in [2.05, 4.69) is 4.98 Å². The Morgan fingerprint density at radius 3 is 2.36 bits per heavy atom. The number of ether oxygens (including phenoxy) is 2. The smallest absolute Gasteiger partial charge is 0.187 e. The van der Waals surface area contributed by atoms with Gasteiger partial charge in [-0.2, -0.15) is 0 Å². The van der Waals surface area contributed by atoms with Crippen LogP contribution >= 0.6 is 11.8 Å². The molecular formula is C19H21N3O2S. The van der Waals surface area contributed by atoms with Crippen molar-refractivity contribution in [1.29, 1.82) is 0 Å². The predicted molar refractivity (Wildman–Crippen MR) is 102 cm³/mol. The Kier molecular flexibility index (Phi) is 5.85. The fraction of sp³-hybridized carbons (Fsp3) is 0.211. The minimum atomic E-state index is 0.576. The Hall–Kier alpha value is -2.60. The second kappa shape index (κ2) is 8.48. The summed E-state index contributed by atoms with van der Waals surface area (Å²) >= 11 is 1.57. The molecule has 2 N–H and O–H groups in total. The minimum absolute atomic E-state index is 0.576. The molecule has 0 unspecified atom stereocenters. The molecular weight excluding hydrogens is 334 g/mol. The van der Waals surface area contributed by atoms with Crippen molar-refractivity contribution in [2.24, 2.45) is 0 Å². The number of rotatable bonds is 8. The van der Waals surface area contributed by atoms with Crippen molar-refractivity contribution in [3.8, 4) is 22.8 Å². The largest absolute Gasteiger partial charge is 0.494 e. The van der Waals surface area contributed by atoms with Gasteiger partial charge in [0, 0.05) is 11.3 Å². The van der Waals surface area contributed by atoms with Gasteiger partial charge in [0.05, 0.1) is 25.1 Å². The van der Waals surface area contributed by atoms with E-state index in [4.69, 9.17) is 15.3 Å². The molecule has 3 aromatic rings. The number of hydrogen-bond acceptors (Lipinski definition) is 5. The third-order valence-electron chi connectivity index (χ3n) is 3.49. The fourth-order valence-electron chi connectivity index (χ4n) is 2.32. The van der Waals surface area contributed by atoms with Crippen molar-refractivity contribution in [1.82, 2.24) is 9.66 Å². The molecule has 0 saturated carbocycles. The Labute approximate surface area is 151 Å². The van der Waals surface area contributed by atoms with Gasteiger partial charge in [0.1, 0.15) is 11.5 Å². The Bertz CT molecular complexity index is 788. The molecule has 130 valence electrons. The van der Waals surface area contributed by atoms with Gasteiger partial charge in [-0.3, -0.25) is 0 Å². The predicted octanol–water partition coefficient (Wildman–Crippen LogP) is 3.83. The quantitative estimate of drug-likeness (QED) is 0.378. The van der Waals surface area contributed by atoms with Gasteiger partial charge < -0.3 is 15.3 Å². The third-order valence-corrected chi connectivity index (χ3v) is 4.42. The maximum Gasteiger partial charge on any atom is 0.187 e. The van der Waals surface area contributed by atoms with E-state index in [1.807, 2.05) is 67.7 Å². The molecule has 25 heavy (non-hydrogen) atoms. The normalized spacial score (nSPS) is 10.6. The Balaban J connectivity index is 1.50. The summed E-state index contributed by atoms with van der Waals surface area (Å²) in [6.07, 6.45) is 1.84. The van der Waals surface area contributed by atoms with Crippen LogP contribution in [0.15, 0.2) is 66.0 Å². The number of nitrogen functional groups attached to an aromatic ring is 1. The van der Waals surface area contributed by atoms with Crippen molar-refractivity contribution in [2.45, 2.75) is 12.1 Å². The molecule has 0 aliphatic heterocycles. The van der Waals surface area contributed by atoms with E-state index in [-0.39, 0.29) is 0 Å². The molecule has 0 aliphatic rings. The third kappa shape index (κ3) is 4.70. The fourth-order valence-corrected chi connectivity index (χ4v) is 3.04. The number of nitrogens with zero attached hydrogens (tertiary/aromatic N) is 2. The highest BCUT2D eigenvalue weighted by Crippen LogP contribution is 2.23. The molecule has 1 aromatic heterocycles. The number of hydrogen-bond donors (Lipinski definition) is 1. The number of benzene rings is 2. The molecule has 1 heterocycles. The van der Waals surface area contributed by atoms with Gasteiger partial charge in [0.2, 0.25) is 0 Å². The van der Waals surface area contributed by atoms with Crippen molar-refractivity contribution >= 4 is 11.8 Å². The summed E-state index contributed by atoms with van der Waals surface area (Å²) in [6.45, 7) is 3.20. The zero-order chi connectivity index (χ0) is 17.5. The lowest BCUT2D eigenvalue weighted by Crippen LogP contribution is -2.09. The van der Waals surface area contributed by atoms with Crippen molar-refractivity contribution in [3.63, 3.8) is 0 Å². The van der Waals surface area contributed by atoms with Crippen LogP contribution in [0.5, 0.6) is 11.5 Å². The highest BCUT2D eigenvalue weighted by atomic mass is 32.2. The zero-order valence-electron chi connectivity index (χ0n) is 14.1. The van der Waals surface area contributed by atoms with Crippen LogP contribution < -0.4 is 15.3 Å². The first kappa shape index (κ1) is 17.2. The van der Waals surface area contributed by atoms with Gasteiger partial charge in [0.15, 0.2) is 5.16 Å². The summed E-state index contributed by atoms with van der Waals surface area (Å²) in [6, 6.07) is 17.6. The molecule has 0 bridgehead atoms. The lowest BCUT2D eigenvalue weighted by molar-refractivity contribution is 0.332. The van der Waals surface area contributed by atoms with E-state index in [1.54, 1.807) is 16.4 Å². The summed E-state index contributed by atoms with van der Waals surface area (Å²) in [5, 5.41) is 0.772. The first-order chi connectivity index (χ1) is 12.3. The maximum absolute atomic E-state index is 6.00. The van der Waals surface area contributed by atoms with E-state index in [0.29, 0.717) is 13.2 Å². The van der Waals surface area contributed by atoms with Crippen LogP contribution in [-0.4, -0.2) is 28.6 Å². The standard InChI is InChI=1S/C19H21N3O2S/c1-2-23-16-8-10-17(11-9-16)24-12-13-25-19-21-18(14-22(19)20)15-6-4-3-5-7-15/h3-11,14H,2,12-13,20H2,1H3. The molecule has 3 rings (SSSR count). The number of imidazole rings is 1. The summed E-state index contributed by atoms with van der Waals surface area (Å²) in [4.78, 5) is 4.59. The van der Waals surface area contributed by atoms with Crippen LogP contribution in [0.1, 0.15) is 6.92 Å². The molecule has 6 heteroatoms. The maximum atomic E-state index is 6.00. The van der Waals surface area contributed by atoms with Crippen LogP contribution in [-0.2, 0) is 0 Å². The molecule has 0 radical (unpaired) electrons. The first-order valence-corrected chi connectivity index (χ1v) is 9.13. The van der Waals surface area contributed by atoms with Gasteiger partial charge in [-0.25, -0.2) is 9.66 Å². The first-order valence-electron chi connectivity index (χ1n) is 8.14. The van der Waals surface area contributed by atoms with Gasteiger partial charge in [-0.1, -0.05) is 42.1 Å².